The molecule has 0 unspecified atom stereocenters. The van der Waals surface area contributed by atoms with Crippen LogP contribution in [0.1, 0.15) is 0 Å². The standard InChI is InChI=1S/C16H17ClN2O5/c1-22-12-7-9(8-13(23-2)15(12)24-3)18-16(21)19-11-6-4-5-10(17)14(11)20/h4-8,20H,1-3H3,(H2,18,19,21). The van der Waals surface area contributed by atoms with Crippen LogP contribution < -0.4 is 24.8 Å². The van der Waals surface area contributed by atoms with Gasteiger partial charge in [0.15, 0.2) is 17.2 Å². The summed E-state index contributed by atoms with van der Waals surface area (Å²) in [5, 5.41) is 15.1. The molecule has 0 saturated heterocycles. The lowest BCUT2D eigenvalue weighted by atomic mass is 10.2. The van der Waals surface area contributed by atoms with Gasteiger partial charge in [-0.2, -0.15) is 0 Å². The van der Waals surface area contributed by atoms with Gasteiger partial charge in [0.25, 0.3) is 0 Å². The number of hydrogen-bond donors (Lipinski definition) is 3. The fourth-order valence-electron chi connectivity index (χ4n) is 2.05. The summed E-state index contributed by atoms with van der Waals surface area (Å²) in [6.07, 6.45) is 0. The van der Waals surface area contributed by atoms with Crippen LogP contribution in [-0.2, 0) is 0 Å². The number of carbonyl (C=O) groups is 1. The van der Waals surface area contributed by atoms with Crippen molar-refractivity contribution in [2.24, 2.45) is 0 Å². The van der Waals surface area contributed by atoms with Crippen LogP contribution in [0.4, 0.5) is 16.2 Å². The Hall–Kier alpha value is -2.80. The van der Waals surface area contributed by atoms with Crippen molar-refractivity contribution < 1.29 is 24.1 Å². The largest absolute Gasteiger partial charge is 0.504 e. The summed E-state index contributed by atoms with van der Waals surface area (Å²) in [6.45, 7) is 0. The van der Waals surface area contributed by atoms with Crippen molar-refractivity contribution in [1.82, 2.24) is 0 Å². The number of methoxy groups -OCH3 is 3. The van der Waals surface area contributed by atoms with Crippen molar-refractivity contribution in [2.45, 2.75) is 0 Å². The lowest BCUT2D eigenvalue weighted by molar-refractivity contribution is 0.262. The van der Waals surface area contributed by atoms with E-state index in [0.29, 0.717) is 22.9 Å². The Kier molecular flexibility index (Phi) is 5.59. The Morgan fingerprint density at radius 2 is 1.67 bits per heavy atom. The van der Waals surface area contributed by atoms with Gasteiger partial charge in [-0.25, -0.2) is 4.79 Å². The molecule has 128 valence electrons. The summed E-state index contributed by atoms with van der Waals surface area (Å²) in [4.78, 5) is 12.1. The lowest BCUT2D eigenvalue weighted by Gasteiger charge is -2.15. The predicted molar refractivity (Wildman–Crippen MR) is 91.9 cm³/mol. The number of nitrogens with one attached hydrogen (secondary N) is 2. The van der Waals surface area contributed by atoms with Gasteiger partial charge < -0.3 is 30.0 Å². The normalized spacial score (nSPS) is 10.0. The highest BCUT2D eigenvalue weighted by Gasteiger charge is 2.15. The van der Waals surface area contributed by atoms with E-state index in [-0.39, 0.29) is 16.5 Å². The van der Waals surface area contributed by atoms with E-state index >= 15 is 0 Å². The summed E-state index contributed by atoms with van der Waals surface area (Å²) in [6, 6.07) is 7.24. The van der Waals surface area contributed by atoms with Crippen LogP contribution in [0.5, 0.6) is 23.0 Å². The topological polar surface area (TPSA) is 89.1 Å². The van der Waals surface area contributed by atoms with E-state index in [2.05, 4.69) is 10.6 Å². The Balaban J connectivity index is 2.21. The molecule has 0 fully saturated rings. The summed E-state index contributed by atoms with van der Waals surface area (Å²) in [5.41, 5.74) is 0.607. The van der Waals surface area contributed by atoms with Crippen LogP contribution in [0.25, 0.3) is 0 Å². The fourth-order valence-corrected chi connectivity index (χ4v) is 2.23. The zero-order valence-corrected chi connectivity index (χ0v) is 14.1. The van der Waals surface area contributed by atoms with Gasteiger partial charge in [-0.1, -0.05) is 17.7 Å². The molecule has 2 amide bonds. The molecule has 2 aromatic rings. The van der Waals surface area contributed by atoms with Crippen LogP contribution in [-0.4, -0.2) is 32.5 Å². The first-order valence-corrected chi connectivity index (χ1v) is 7.23. The Bertz CT molecular complexity index is 726. The average Bonchev–Trinajstić information content (AvgIpc) is 2.57. The molecule has 0 spiro atoms. The van der Waals surface area contributed by atoms with E-state index in [9.17, 15) is 9.90 Å². The summed E-state index contributed by atoms with van der Waals surface area (Å²) in [5.74, 6) is 1.01. The van der Waals surface area contributed by atoms with Crippen LogP contribution in [0.15, 0.2) is 30.3 Å². The second-order valence-electron chi connectivity index (χ2n) is 4.63. The average molecular weight is 353 g/mol. The van der Waals surface area contributed by atoms with Crippen molar-refractivity contribution >= 4 is 29.0 Å². The van der Waals surface area contributed by atoms with Crippen molar-refractivity contribution in [3.63, 3.8) is 0 Å². The molecule has 0 heterocycles. The molecule has 7 nitrogen and oxygen atoms in total. The minimum Gasteiger partial charge on any atom is -0.504 e. The third-order valence-electron chi connectivity index (χ3n) is 3.16. The molecule has 0 aromatic heterocycles. The molecular weight excluding hydrogens is 336 g/mol. The van der Waals surface area contributed by atoms with E-state index in [0.717, 1.165) is 0 Å². The summed E-state index contributed by atoms with van der Waals surface area (Å²) in [7, 11) is 4.44. The number of carbonyl (C=O) groups excluding carboxylic acids is 1. The maximum Gasteiger partial charge on any atom is 0.323 e. The minimum absolute atomic E-state index is 0.139. The second kappa shape index (κ2) is 7.65. The van der Waals surface area contributed by atoms with Crippen molar-refractivity contribution in [3.05, 3.63) is 35.4 Å². The number of halogens is 1. The number of anilines is 2. The fraction of sp³-hybridized carbons (Fsp3) is 0.188. The molecule has 0 aliphatic carbocycles. The third-order valence-corrected chi connectivity index (χ3v) is 3.46. The van der Waals surface area contributed by atoms with Crippen molar-refractivity contribution in [1.29, 1.82) is 0 Å². The summed E-state index contributed by atoms with van der Waals surface area (Å²) >= 11 is 5.80. The number of aromatic hydroxyl groups is 1. The zero-order chi connectivity index (χ0) is 17.7. The highest BCUT2D eigenvalue weighted by atomic mass is 35.5. The number of ether oxygens (including phenoxy) is 3. The molecule has 2 aromatic carbocycles. The maximum absolute atomic E-state index is 12.1. The first kappa shape index (κ1) is 17.6. The molecule has 3 N–H and O–H groups in total. The number of amides is 2. The molecule has 2 rings (SSSR count). The number of urea groups is 1. The second-order valence-corrected chi connectivity index (χ2v) is 5.04. The van der Waals surface area contributed by atoms with Gasteiger partial charge in [0.2, 0.25) is 5.75 Å². The van der Waals surface area contributed by atoms with Gasteiger partial charge in [-0.3, -0.25) is 0 Å². The Morgan fingerprint density at radius 3 is 2.21 bits per heavy atom. The van der Waals surface area contributed by atoms with Crippen LogP contribution in [0, 0.1) is 0 Å². The first-order valence-electron chi connectivity index (χ1n) is 6.85. The molecule has 0 aliphatic rings. The molecule has 0 atom stereocenters. The number of rotatable bonds is 5. The van der Waals surface area contributed by atoms with Crippen molar-refractivity contribution in [2.75, 3.05) is 32.0 Å². The van der Waals surface area contributed by atoms with Gasteiger partial charge in [0.1, 0.15) is 0 Å². The van der Waals surface area contributed by atoms with Gasteiger partial charge in [0, 0.05) is 12.1 Å². The number of hydrogen-bond acceptors (Lipinski definition) is 5. The van der Waals surface area contributed by atoms with E-state index < -0.39 is 6.03 Å². The van der Waals surface area contributed by atoms with Gasteiger partial charge >= 0.3 is 6.03 Å². The third kappa shape index (κ3) is 3.75. The SMILES string of the molecule is COc1cc(NC(=O)Nc2cccc(Cl)c2O)cc(OC)c1OC. The predicted octanol–water partition coefficient (Wildman–Crippen LogP) is 3.72. The summed E-state index contributed by atoms with van der Waals surface area (Å²) < 4.78 is 15.7. The Morgan fingerprint density at radius 1 is 1.04 bits per heavy atom. The highest BCUT2D eigenvalue weighted by Crippen LogP contribution is 2.40. The minimum atomic E-state index is -0.568. The molecule has 0 bridgehead atoms. The van der Waals surface area contributed by atoms with E-state index in [4.69, 9.17) is 25.8 Å². The van der Waals surface area contributed by atoms with E-state index in [1.165, 1.54) is 33.5 Å². The van der Waals surface area contributed by atoms with Crippen LogP contribution >= 0.6 is 11.6 Å². The molecule has 24 heavy (non-hydrogen) atoms. The molecule has 0 aliphatic heterocycles. The number of phenolic OH excluding ortho intramolecular Hbond substituents is 1. The van der Waals surface area contributed by atoms with E-state index in [1.807, 2.05) is 0 Å². The lowest BCUT2D eigenvalue weighted by Crippen LogP contribution is -2.19. The van der Waals surface area contributed by atoms with Gasteiger partial charge in [0.05, 0.1) is 37.7 Å². The van der Waals surface area contributed by atoms with E-state index in [1.54, 1.807) is 18.2 Å². The van der Waals surface area contributed by atoms with Crippen LogP contribution in [0.3, 0.4) is 0 Å². The highest BCUT2D eigenvalue weighted by molar-refractivity contribution is 6.32. The quantitative estimate of drug-likeness (QED) is 0.714. The molecule has 8 heteroatoms. The molecular formula is C16H17ClN2O5. The maximum atomic E-state index is 12.1. The smallest absolute Gasteiger partial charge is 0.323 e. The van der Waals surface area contributed by atoms with Crippen molar-refractivity contribution in [3.8, 4) is 23.0 Å². The number of benzene rings is 2. The molecule has 0 saturated carbocycles. The first-order chi connectivity index (χ1) is 11.5. The monoisotopic (exact) mass is 352 g/mol. The number of para-hydroxylation sites is 1. The number of phenols is 1. The van der Waals surface area contributed by atoms with Crippen LogP contribution in [0.2, 0.25) is 5.02 Å². The zero-order valence-electron chi connectivity index (χ0n) is 13.3. The Labute approximate surface area is 144 Å². The molecule has 0 radical (unpaired) electrons. The van der Waals surface area contributed by atoms with Gasteiger partial charge in [-0.15, -0.1) is 0 Å². The van der Waals surface area contributed by atoms with Gasteiger partial charge in [-0.05, 0) is 12.1 Å².